The van der Waals surface area contributed by atoms with Crippen molar-refractivity contribution in [3.05, 3.63) is 30.3 Å². The Labute approximate surface area is 159 Å². The molecule has 0 saturated carbocycles. The average molecular weight is 418 g/mol. The Morgan fingerprint density at radius 3 is 2.14 bits per heavy atom. The Bertz CT molecular complexity index is 855. The number of esters is 2. The summed E-state index contributed by atoms with van der Waals surface area (Å²) in [6.45, 7) is -0.601. The van der Waals surface area contributed by atoms with Crippen molar-refractivity contribution >= 4 is 33.9 Å². The van der Waals surface area contributed by atoms with Crippen LogP contribution in [0, 0.1) is 0 Å². The first kappa shape index (κ1) is 23.2. The van der Waals surface area contributed by atoms with E-state index < -0.39 is 64.9 Å². The first-order valence-corrected chi connectivity index (χ1v) is 9.09. The topological polar surface area (TPSA) is 210 Å². The van der Waals surface area contributed by atoms with E-state index in [0.29, 0.717) is 0 Å². The Balaban J connectivity index is 2.84. The zero-order valence-electron chi connectivity index (χ0n) is 14.3. The summed E-state index contributed by atoms with van der Waals surface area (Å²) in [5, 5.41) is 27.2. The highest BCUT2D eigenvalue weighted by Crippen LogP contribution is 2.17. The summed E-state index contributed by atoms with van der Waals surface area (Å²) < 4.78 is 30.6. The fraction of sp³-hybridized carbons (Fsp3) is 0.333. The van der Waals surface area contributed by atoms with E-state index in [9.17, 15) is 32.7 Å². The number of carbonyl (C=O) groups is 4. The monoisotopic (exact) mass is 418 g/mol. The van der Waals surface area contributed by atoms with E-state index in [0.717, 1.165) is 0 Å². The van der Waals surface area contributed by atoms with Gasteiger partial charge in [-0.2, -0.15) is 4.72 Å². The van der Waals surface area contributed by atoms with Gasteiger partial charge >= 0.3 is 23.9 Å². The van der Waals surface area contributed by atoms with E-state index in [1.807, 2.05) is 4.72 Å². The minimum absolute atomic E-state index is 0.186. The molecular formula is C15H18N2O10S. The van der Waals surface area contributed by atoms with Crippen molar-refractivity contribution in [3.8, 4) is 0 Å². The normalized spacial score (nSPS) is 14.5. The second-order valence-corrected chi connectivity index (χ2v) is 7.31. The highest BCUT2D eigenvalue weighted by molar-refractivity contribution is 7.89. The first-order chi connectivity index (χ1) is 12.9. The molecule has 12 nitrogen and oxygen atoms in total. The zero-order valence-corrected chi connectivity index (χ0v) is 15.1. The molecule has 0 aliphatic heterocycles. The van der Waals surface area contributed by atoms with Crippen LogP contribution in [0.5, 0.6) is 0 Å². The Kier molecular flexibility index (Phi) is 7.75. The van der Waals surface area contributed by atoms with Crippen molar-refractivity contribution in [1.82, 2.24) is 4.72 Å². The number of rotatable bonds is 10. The molecule has 1 aromatic carbocycles. The number of nitrogens with two attached hydrogens (primary N) is 1. The van der Waals surface area contributed by atoms with Crippen molar-refractivity contribution in [1.29, 1.82) is 0 Å². The van der Waals surface area contributed by atoms with Crippen LogP contribution in [0.3, 0.4) is 0 Å². The molecule has 0 spiro atoms. The maximum atomic E-state index is 12.2. The maximum Gasteiger partial charge on any atom is 0.336 e. The molecule has 154 valence electrons. The fourth-order valence-electron chi connectivity index (χ4n) is 1.97. The predicted octanol–water partition coefficient (Wildman–Crippen LogP) is -1.96. The van der Waals surface area contributed by atoms with Gasteiger partial charge in [0.05, 0.1) is 17.7 Å². The van der Waals surface area contributed by atoms with E-state index >= 15 is 0 Å². The molecule has 0 bridgehead atoms. The second kappa shape index (κ2) is 9.36. The number of carbonyl (C=O) groups excluding carboxylic acids is 2. The Morgan fingerprint density at radius 2 is 1.68 bits per heavy atom. The van der Waals surface area contributed by atoms with Crippen molar-refractivity contribution in [3.63, 3.8) is 0 Å². The fourth-order valence-corrected chi connectivity index (χ4v) is 3.19. The summed E-state index contributed by atoms with van der Waals surface area (Å²) in [5.74, 6) is -6.75. The van der Waals surface area contributed by atoms with E-state index in [1.54, 1.807) is 6.07 Å². The van der Waals surface area contributed by atoms with E-state index in [1.165, 1.54) is 24.3 Å². The van der Waals surface area contributed by atoms with E-state index in [-0.39, 0.29) is 4.90 Å². The Morgan fingerprint density at radius 1 is 1.11 bits per heavy atom. The quantitative estimate of drug-likeness (QED) is 0.208. The molecule has 28 heavy (non-hydrogen) atoms. The van der Waals surface area contributed by atoms with Crippen LogP contribution in [0.4, 0.5) is 0 Å². The minimum atomic E-state index is -4.18. The van der Waals surface area contributed by atoms with Gasteiger partial charge in [-0.1, -0.05) is 18.2 Å². The summed E-state index contributed by atoms with van der Waals surface area (Å²) in [6, 6.07) is 5.22. The summed E-state index contributed by atoms with van der Waals surface area (Å²) in [6.07, 6.45) is -2.68. The van der Waals surface area contributed by atoms with Crippen LogP contribution in [-0.4, -0.2) is 65.8 Å². The molecule has 0 aliphatic rings. The van der Waals surface area contributed by atoms with Crippen molar-refractivity contribution < 1.29 is 47.7 Å². The van der Waals surface area contributed by atoms with Gasteiger partial charge in [-0.3, -0.25) is 9.59 Å². The number of carboxylic acid groups (broad SMARTS) is 2. The van der Waals surface area contributed by atoms with Crippen molar-refractivity contribution in [2.24, 2.45) is 5.73 Å². The van der Waals surface area contributed by atoms with Crippen molar-refractivity contribution in [2.45, 2.75) is 29.4 Å². The molecule has 6 N–H and O–H groups in total. The number of benzene rings is 1. The molecule has 0 radical (unpaired) electrons. The lowest BCUT2D eigenvalue weighted by atomic mass is 9.96. The molecule has 0 aliphatic carbocycles. The third kappa shape index (κ3) is 6.38. The molecule has 13 heteroatoms. The number of aliphatic hydroxyl groups is 1. The summed E-state index contributed by atoms with van der Waals surface area (Å²) in [5.41, 5.74) is 2.31. The van der Waals surface area contributed by atoms with Gasteiger partial charge in [0.1, 0.15) is 6.04 Å². The van der Waals surface area contributed by atoms with Gasteiger partial charge in [-0.25, -0.2) is 18.0 Å². The molecule has 0 amide bonds. The SMILES string of the molecule is NCC(NS(=O)(=O)c1ccccc1)C(=O)OC(=O)CC(O)(CC(=O)O)C(=O)O. The largest absolute Gasteiger partial charge is 0.481 e. The molecule has 0 fully saturated rings. The summed E-state index contributed by atoms with van der Waals surface area (Å²) in [4.78, 5) is 45.2. The number of nitrogens with one attached hydrogen (secondary N) is 1. The molecule has 2 atom stereocenters. The molecule has 2 unspecified atom stereocenters. The molecule has 0 aromatic heterocycles. The maximum absolute atomic E-state index is 12.2. The zero-order chi connectivity index (χ0) is 21.5. The van der Waals surface area contributed by atoms with Crippen LogP contribution in [0.2, 0.25) is 0 Å². The highest BCUT2D eigenvalue weighted by Gasteiger charge is 2.42. The number of carboxylic acids is 2. The lowest BCUT2D eigenvalue weighted by Crippen LogP contribution is -2.48. The third-order valence-electron chi connectivity index (χ3n) is 3.36. The highest BCUT2D eigenvalue weighted by atomic mass is 32.2. The number of hydrogen-bond donors (Lipinski definition) is 5. The van der Waals surface area contributed by atoms with Crippen LogP contribution in [0.15, 0.2) is 35.2 Å². The molecular weight excluding hydrogens is 400 g/mol. The van der Waals surface area contributed by atoms with Gasteiger partial charge in [0.2, 0.25) is 10.0 Å². The predicted molar refractivity (Wildman–Crippen MR) is 90.2 cm³/mol. The second-order valence-electron chi connectivity index (χ2n) is 5.60. The molecule has 1 rings (SSSR count). The van der Waals surface area contributed by atoms with Crippen LogP contribution < -0.4 is 10.5 Å². The summed E-state index contributed by atoms with van der Waals surface area (Å²) in [7, 11) is -4.18. The van der Waals surface area contributed by atoms with E-state index in [2.05, 4.69) is 4.74 Å². The first-order valence-electron chi connectivity index (χ1n) is 7.61. The van der Waals surface area contributed by atoms with Gasteiger partial charge in [-0.15, -0.1) is 0 Å². The Hall–Kier alpha value is -2.87. The lowest BCUT2D eigenvalue weighted by Gasteiger charge is -2.20. The van der Waals surface area contributed by atoms with Gasteiger partial charge in [-0.05, 0) is 12.1 Å². The van der Waals surface area contributed by atoms with Gasteiger partial charge in [0.15, 0.2) is 5.60 Å². The van der Waals surface area contributed by atoms with Gasteiger partial charge < -0.3 is 25.8 Å². The molecule has 1 aromatic rings. The summed E-state index contributed by atoms with van der Waals surface area (Å²) >= 11 is 0. The molecule has 0 heterocycles. The molecule has 0 saturated heterocycles. The third-order valence-corrected chi connectivity index (χ3v) is 4.85. The smallest absolute Gasteiger partial charge is 0.336 e. The van der Waals surface area contributed by atoms with Crippen LogP contribution in [-0.2, 0) is 33.9 Å². The minimum Gasteiger partial charge on any atom is -0.481 e. The van der Waals surface area contributed by atoms with Crippen LogP contribution >= 0.6 is 0 Å². The average Bonchev–Trinajstić information content (AvgIpc) is 2.59. The number of ether oxygens (including phenoxy) is 1. The number of sulfonamides is 1. The van der Waals surface area contributed by atoms with Crippen LogP contribution in [0.25, 0.3) is 0 Å². The number of aliphatic carboxylic acids is 2. The lowest BCUT2D eigenvalue weighted by molar-refractivity contribution is -0.175. The van der Waals surface area contributed by atoms with E-state index in [4.69, 9.17) is 15.9 Å². The number of hydrogen-bond acceptors (Lipinski definition) is 9. The standard InChI is InChI=1S/C15H18N2O10S/c16-8-10(17-28(25,26)9-4-2-1-3-5-9)13(21)27-12(20)7-15(24,14(22)23)6-11(18)19/h1-5,10,17,24H,6-8,16H2,(H,18,19)(H,22,23). The van der Waals surface area contributed by atoms with Gasteiger partial charge in [0.25, 0.3) is 0 Å². The van der Waals surface area contributed by atoms with Gasteiger partial charge in [0, 0.05) is 6.54 Å². The van der Waals surface area contributed by atoms with Crippen molar-refractivity contribution in [2.75, 3.05) is 6.54 Å². The van der Waals surface area contributed by atoms with Crippen LogP contribution in [0.1, 0.15) is 12.8 Å².